The number of thiazole rings is 1. The Morgan fingerprint density at radius 3 is 3.17 bits per heavy atom. The minimum Gasteiger partial charge on any atom is -0.495 e. The maximum atomic E-state index is 5.02. The lowest BCUT2D eigenvalue weighted by Crippen LogP contribution is -1.83. The van der Waals surface area contributed by atoms with Crippen LogP contribution in [0.2, 0.25) is 0 Å². The third-order valence-electron chi connectivity index (χ3n) is 1.43. The standard InChI is InChI=1S/C7H5BrN2OS/c1-11-4-2-5-6(9-3-4)12-7(8)10-5/h2-3H,1H3. The van der Waals surface area contributed by atoms with Crippen molar-refractivity contribution in [3.05, 3.63) is 16.2 Å². The Morgan fingerprint density at radius 1 is 1.58 bits per heavy atom. The second-order valence-electron chi connectivity index (χ2n) is 2.17. The van der Waals surface area contributed by atoms with Crippen molar-refractivity contribution in [2.24, 2.45) is 0 Å². The summed E-state index contributed by atoms with van der Waals surface area (Å²) in [5.41, 5.74) is 0.867. The first-order valence-electron chi connectivity index (χ1n) is 3.25. The summed E-state index contributed by atoms with van der Waals surface area (Å²) < 4.78 is 5.86. The number of rotatable bonds is 1. The first-order valence-corrected chi connectivity index (χ1v) is 4.86. The fraction of sp³-hybridized carbons (Fsp3) is 0.143. The summed E-state index contributed by atoms with van der Waals surface area (Å²) in [4.78, 5) is 9.31. The molecule has 2 heterocycles. The lowest BCUT2D eigenvalue weighted by molar-refractivity contribution is 0.413. The highest BCUT2D eigenvalue weighted by Gasteiger charge is 2.02. The number of methoxy groups -OCH3 is 1. The van der Waals surface area contributed by atoms with E-state index in [1.165, 1.54) is 11.3 Å². The predicted molar refractivity (Wildman–Crippen MR) is 51.7 cm³/mol. The quantitative estimate of drug-likeness (QED) is 0.774. The van der Waals surface area contributed by atoms with E-state index in [0.717, 1.165) is 20.0 Å². The van der Waals surface area contributed by atoms with Gasteiger partial charge in [-0.1, -0.05) is 11.3 Å². The molecule has 0 aliphatic rings. The van der Waals surface area contributed by atoms with Crippen molar-refractivity contribution >= 4 is 37.6 Å². The van der Waals surface area contributed by atoms with Crippen LogP contribution in [0.1, 0.15) is 0 Å². The van der Waals surface area contributed by atoms with Gasteiger partial charge in [0.2, 0.25) is 0 Å². The summed E-state index contributed by atoms with van der Waals surface area (Å²) in [5.74, 6) is 0.736. The highest BCUT2D eigenvalue weighted by Crippen LogP contribution is 2.26. The number of nitrogens with zero attached hydrogens (tertiary/aromatic N) is 2. The van der Waals surface area contributed by atoms with E-state index in [0.29, 0.717) is 0 Å². The van der Waals surface area contributed by atoms with Gasteiger partial charge in [-0.25, -0.2) is 9.97 Å². The summed E-state index contributed by atoms with van der Waals surface area (Å²) in [6.07, 6.45) is 1.69. The van der Waals surface area contributed by atoms with Crippen molar-refractivity contribution < 1.29 is 4.74 Å². The predicted octanol–water partition coefficient (Wildman–Crippen LogP) is 2.46. The molecule has 0 saturated carbocycles. The van der Waals surface area contributed by atoms with Crippen molar-refractivity contribution in [3.8, 4) is 5.75 Å². The van der Waals surface area contributed by atoms with Gasteiger partial charge >= 0.3 is 0 Å². The first kappa shape index (κ1) is 7.94. The van der Waals surface area contributed by atoms with Crippen molar-refractivity contribution in [2.75, 3.05) is 7.11 Å². The van der Waals surface area contributed by atoms with Crippen LogP contribution >= 0.6 is 27.3 Å². The van der Waals surface area contributed by atoms with Gasteiger partial charge in [0, 0.05) is 6.07 Å². The average molecular weight is 245 g/mol. The fourth-order valence-corrected chi connectivity index (χ4v) is 2.16. The maximum absolute atomic E-state index is 5.02. The van der Waals surface area contributed by atoms with Crippen LogP contribution in [0.4, 0.5) is 0 Å². The number of fused-ring (bicyclic) bond motifs is 1. The highest BCUT2D eigenvalue weighted by atomic mass is 79.9. The Kier molecular flexibility index (Phi) is 1.98. The Morgan fingerprint density at radius 2 is 2.42 bits per heavy atom. The molecule has 0 spiro atoms. The molecule has 0 radical (unpaired) electrons. The third-order valence-corrected chi connectivity index (χ3v) is 2.86. The van der Waals surface area contributed by atoms with Crippen molar-refractivity contribution in [3.63, 3.8) is 0 Å². The Labute approximate surface area is 81.5 Å². The van der Waals surface area contributed by atoms with Gasteiger partial charge in [-0.05, 0) is 15.9 Å². The van der Waals surface area contributed by atoms with E-state index in [2.05, 4.69) is 25.9 Å². The highest BCUT2D eigenvalue weighted by molar-refractivity contribution is 9.11. The fourth-order valence-electron chi connectivity index (χ4n) is 0.890. The van der Waals surface area contributed by atoms with Gasteiger partial charge in [-0.2, -0.15) is 0 Å². The summed E-state index contributed by atoms with van der Waals surface area (Å²) in [6.45, 7) is 0. The molecule has 2 aromatic heterocycles. The van der Waals surface area contributed by atoms with Crippen LogP contribution in [0.15, 0.2) is 16.2 Å². The molecule has 0 amide bonds. The van der Waals surface area contributed by atoms with Crippen LogP contribution in [-0.2, 0) is 0 Å². The molecule has 0 N–H and O–H groups in total. The van der Waals surface area contributed by atoms with Crippen LogP contribution in [0.5, 0.6) is 5.75 Å². The van der Waals surface area contributed by atoms with E-state index in [-0.39, 0.29) is 0 Å². The van der Waals surface area contributed by atoms with Crippen LogP contribution < -0.4 is 4.74 Å². The number of aromatic nitrogens is 2. The smallest absolute Gasteiger partial charge is 0.161 e. The van der Waals surface area contributed by atoms with Crippen LogP contribution in [0.3, 0.4) is 0 Å². The summed E-state index contributed by atoms with van der Waals surface area (Å²) in [6, 6.07) is 1.86. The molecule has 2 aromatic rings. The van der Waals surface area contributed by atoms with Crippen molar-refractivity contribution in [2.45, 2.75) is 0 Å². The Bertz CT molecular complexity index is 415. The van der Waals surface area contributed by atoms with E-state index in [1.807, 2.05) is 6.07 Å². The molecule has 0 saturated heterocycles. The molecule has 0 bridgehead atoms. The molecular weight excluding hydrogens is 240 g/mol. The number of pyridine rings is 1. The van der Waals surface area contributed by atoms with Crippen LogP contribution in [-0.4, -0.2) is 17.1 Å². The summed E-state index contributed by atoms with van der Waals surface area (Å²) in [5, 5.41) is 0. The van der Waals surface area contributed by atoms with Crippen LogP contribution in [0.25, 0.3) is 10.3 Å². The van der Waals surface area contributed by atoms with E-state index < -0.39 is 0 Å². The number of hydrogen-bond acceptors (Lipinski definition) is 4. The van der Waals surface area contributed by atoms with E-state index in [4.69, 9.17) is 4.74 Å². The third kappa shape index (κ3) is 1.30. The Hall–Kier alpha value is -0.680. The minimum atomic E-state index is 0.736. The Balaban J connectivity index is 2.66. The molecule has 0 unspecified atom stereocenters. The molecule has 0 aliphatic carbocycles. The largest absolute Gasteiger partial charge is 0.495 e. The minimum absolute atomic E-state index is 0.736. The van der Waals surface area contributed by atoms with Gasteiger partial charge in [0.1, 0.15) is 16.1 Å². The van der Waals surface area contributed by atoms with Gasteiger partial charge in [-0.3, -0.25) is 0 Å². The van der Waals surface area contributed by atoms with E-state index in [1.54, 1.807) is 13.3 Å². The van der Waals surface area contributed by atoms with Crippen LogP contribution in [0, 0.1) is 0 Å². The molecule has 0 fully saturated rings. The maximum Gasteiger partial charge on any atom is 0.161 e. The van der Waals surface area contributed by atoms with Gasteiger partial charge < -0.3 is 4.74 Å². The topological polar surface area (TPSA) is 35.0 Å². The molecule has 3 nitrogen and oxygen atoms in total. The van der Waals surface area contributed by atoms with Gasteiger partial charge in [0.15, 0.2) is 3.92 Å². The molecule has 0 atom stereocenters. The normalized spacial score (nSPS) is 10.5. The van der Waals surface area contributed by atoms with E-state index in [9.17, 15) is 0 Å². The van der Waals surface area contributed by atoms with E-state index >= 15 is 0 Å². The monoisotopic (exact) mass is 244 g/mol. The molecule has 0 aromatic carbocycles. The van der Waals surface area contributed by atoms with Gasteiger partial charge in [0.25, 0.3) is 0 Å². The molecule has 0 aliphatic heterocycles. The van der Waals surface area contributed by atoms with Crippen molar-refractivity contribution in [1.82, 2.24) is 9.97 Å². The summed E-state index contributed by atoms with van der Waals surface area (Å²) in [7, 11) is 1.62. The zero-order chi connectivity index (χ0) is 8.55. The molecule has 62 valence electrons. The first-order chi connectivity index (χ1) is 5.79. The van der Waals surface area contributed by atoms with Gasteiger partial charge in [-0.15, -0.1) is 0 Å². The van der Waals surface area contributed by atoms with Gasteiger partial charge in [0.05, 0.1) is 13.3 Å². The molecule has 12 heavy (non-hydrogen) atoms. The molecule has 5 heteroatoms. The lowest BCUT2D eigenvalue weighted by Gasteiger charge is -1.95. The summed E-state index contributed by atoms with van der Waals surface area (Å²) >= 11 is 4.81. The SMILES string of the molecule is COc1cnc2sc(Br)nc2c1. The molecule has 2 rings (SSSR count). The van der Waals surface area contributed by atoms with Crippen molar-refractivity contribution in [1.29, 1.82) is 0 Å². The zero-order valence-corrected chi connectivity index (χ0v) is 8.65. The lowest BCUT2D eigenvalue weighted by atomic mass is 10.4. The average Bonchev–Trinajstić information content (AvgIpc) is 2.43. The number of ether oxygens (including phenoxy) is 1. The zero-order valence-electron chi connectivity index (χ0n) is 6.24. The number of halogens is 1. The number of hydrogen-bond donors (Lipinski definition) is 0. The second-order valence-corrected chi connectivity index (χ2v) is 4.42. The molecular formula is C7H5BrN2OS. The second kappa shape index (κ2) is 2.99.